The van der Waals surface area contributed by atoms with Gasteiger partial charge in [-0.1, -0.05) is 12.1 Å². The van der Waals surface area contributed by atoms with E-state index in [1.807, 2.05) is 18.3 Å². The fraction of sp³-hybridized carbons (Fsp3) is 0.100. The molecule has 0 fully saturated rings. The molecular weight excluding hydrogens is 277 g/mol. The van der Waals surface area contributed by atoms with Crippen molar-refractivity contribution in [3.63, 3.8) is 0 Å². The van der Waals surface area contributed by atoms with E-state index in [2.05, 4.69) is 33.6 Å². The Balaban J connectivity index is 2.87. The molecule has 13 heavy (non-hydrogen) atoms. The Bertz CT molecular complexity index is 437. The Kier molecular flexibility index (Phi) is 2.35. The van der Waals surface area contributed by atoms with Crippen molar-refractivity contribution in [3.8, 4) is 5.75 Å². The lowest BCUT2D eigenvalue weighted by Gasteiger charge is -2.05. The second-order valence-corrected chi connectivity index (χ2v) is 3.84. The van der Waals surface area contributed by atoms with Crippen LogP contribution in [0.1, 0.15) is 0 Å². The summed E-state index contributed by atoms with van der Waals surface area (Å²) in [6, 6.07) is 6.11. The van der Waals surface area contributed by atoms with E-state index < -0.39 is 0 Å². The van der Waals surface area contributed by atoms with Crippen molar-refractivity contribution in [2.45, 2.75) is 0 Å². The summed E-state index contributed by atoms with van der Waals surface area (Å²) >= 11 is 2.30. The van der Waals surface area contributed by atoms with Crippen molar-refractivity contribution in [1.29, 1.82) is 0 Å². The predicted molar refractivity (Wildman–Crippen MR) is 61.0 cm³/mol. The van der Waals surface area contributed by atoms with E-state index in [4.69, 9.17) is 4.74 Å². The third kappa shape index (κ3) is 1.48. The van der Waals surface area contributed by atoms with E-state index in [1.165, 1.54) is 3.57 Å². The molecule has 2 nitrogen and oxygen atoms in total. The number of hydrogen-bond donors (Lipinski definition) is 0. The first-order valence-corrected chi connectivity index (χ1v) is 4.97. The summed E-state index contributed by atoms with van der Waals surface area (Å²) in [4.78, 5) is 4.10. The fourth-order valence-electron chi connectivity index (χ4n) is 1.31. The lowest BCUT2D eigenvalue weighted by molar-refractivity contribution is 0.418. The highest BCUT2D eigenvalue weighted by molar-refractivity contribution is 14.1. The van der Waals surface area contributed by atoms with E-state index in [-0.39, 0.29) is 0 Å². The number of benzene rings is 1. The molecule has 0 amide bonds. The highest BCUT2D eigenvalue weighted by Crippen LogP contribution is 2.28. The van der Waals surface area contributed by atoms with Crippen LogP contribution in [0.25, 0.3) is 10.8 Å². The van der Waals surface area contributed by atoms with Crippen molar-refractivity contribution in [1.82, 2.24) is 4.98 Å². The van der Waals surface area contributed by atoms with E-state index in [0.717, 1.165) is 16.5 Å². The smallest absolute Gasteiger partial charge is 0.146 e. The third-order valence-electron chi connectivity index (χ3n) is 1.92. The molecular formula is C10H8INO. The molecule has 0 aliphatic rings. The molecule has 2 rings (SSSR count). The monoisotopic (exact) mass is 285 g/mol. The molecule has 0 bridgehead atoms. The van der Waals surface area contributed by atoms with Crippen molar-refractivity contribution in [3.05, 3.63) is 34.2 Å². The van der Waals surface area contributed by atoms with Crippen molar-refractivity contribution < 1.29 is 4.74 Å². The first kappa shape index (κ1) is 8.74. The number of halogens is 1. The number of pyridine rings is 1. The van der Waals surface area contributed by atoms with Crippen LogP contribution in [-0.4, -0.2) is 12.1 Å². The topological polar surface area (TPSA) is 22.1 Å². The van der Waals surface area contributed by atoms with Gasteiger partial charge >= 0.3 is 0 Å². The number of ether oxygens (including phenoxy) is 1. The van der Waals surface area contributed by atoms with Crippen LogP contribution in [0.4, 0.5) is 0 Å². The fourth-order valence-corrected chi connectivity index (χ4v) is 2.10. The van der Waals surface area contributed by atoms with Gasteiger partial charge in [0.1, 0.15) is 5.75 Å². The van der Waals surface area contributed by atoms with Crippen LogP contribution in [0, 0.1) is 3.57 Å². The lowest BCUT2D eigenvalue weighted by atomic mass is 10.2. The van der Waals surface area contributed by atoms with Crippen molar-refractivity contribution in [2.75, 3.05) is 7.11 Å². The maximum absolute atomic E-state index is 5.24. The molecule has 1 aromatic carbocycles. The minimum absolute atomic E-state index is 0.836. The molecule has 1 aromatic heterocycles. The molecule has 0 saturated carbocycles. The van der Waals surface area contributed by atoms with Gasteiger partial charge in [-0.25, -0.2) is 0 Å². The highest BCUT2D eigenvalue weighted by Gasteiger charge is 2.03. The number of methoxy groups -OCH3 is 1. The average molecular weight is 285 g/mol. The standard InChI is InChI=1S/C10H8INO/c1-13-9-6-12-5-7-3-2-4-8(11)10(7)9/h2-6H,1H3. The van der Waals surface area contributed by atoms with Gasteiger partial charge in [0.15, 0.2) is 0 Å². The van der Waals surface area contributed by atoms with Gasteiger partial charge in [0.05, 0.1) is 13.3 Å². The van der Waals surface area contributed by atoms with Crippen LogP contribution in [0.15, 0.2) is 30.6 Å². The number of hydrogen-bond acceptors (Lipinski definition) is 2. The molecule has 66 valence electrons. The quantitative estimate of drug-likeness (QED) is 0.752. The van der Waals surface area contributed by atoms with Crippen LogP contribution in [0.3, 0.4) is 0 Å². The summed E-state index contributed by atoms with van der Waals surface area (Å²) in [6.07, 6.45) is 3.59. The van der Waals surface area contributed by atoms with Gasteiger partial charge in [0.2, 0.25) is 0 Å². The molecule has 0 saturated heterocycles. The van der Waals surface area contributed by atoms with E-state index in [9.17, 15) is 0 Å². The van der Waals surface area contributed by atoms with Crippen LogP contribution in [-0.2, 0) is 0 Å². The van der Waals surface area contributed by atoms with Crippen LogP contribution < -0.4 is 4.74 Å². The van der Waals surface area contributed by atoms with Gasteiger partial charge in [-0.05, 0) is 28.7 Å². The van der Waals surface area contributed by atoms with E-state index in [0.29, 0.717) is 0 Å². The summed E-state index contributed by atoms with van der Waals surface area (Å²) in [5.74, 6) is 0.836. The number of rotatable bonds is 1. The van der Waals surface area contributed by atoms with Gasteiger partial charge in [-0.3, -0.25) is 4.98 Å². The first-order valence-electron chi connectivity index (χ1n) is 3.89. The summed E-state index contributed by atoms with van der Waals surface area (Å²) in [5, 5.41) is 2.26. The number of aromatic nitrogens is 1. The average Bonchev–Trinajstić information content (AvgIpc) is 2.17. The summed E-state index contributed by atoms with van der Waals surface area (Å²) in [6.45, 7) is 0. The molecule has 2 aromatic rings. The molecule has 0 radical (unpaired) electrons. The van der Waals surface area contributed by atoms with Gasteiger partial charge in [0, 0.05) is 20.5 Å². The number of nitrogens with zero attached hydrogens (tertiary/aromatic N) is 1. The Morgan fingerprint density at radius 1 is 1.31 bits per heavy atom. The second-order valence-electron chi connectivity index (χ2n) is 2.68. The van der Waals surface area contributed by atoms with E-state index in [1.54, 1.807) is 13.3 Å². The molecule has 0 spiro atoms. The number of fused-ring (bicyclic) bond motifs is 1. The van der Waals surface area contributed by atoms with Crippen molar-refractivity contribution in [2.24, 2.45) is 0 Å². The first-order chi connectivity index (χ1) is 6.33. The SMILES string of the molecule is COc1cncc2cccc(I)c12. The largest absolute Gasteiger partial charge is 0.494 e. The predicted octanol–water partition coefficient (Wildman–Crippen LogP) is 2.85. The summed E-state index contributed by atoms with van der Waals surface area (Å²) in [7, 11) is 1.67. The summed E-state index contributed by atoms with van der Waals surface area (Å²) < 4.78 is 6.43. The van der Waals surface area contributed by atoms with Gasteiger partial charge in [-0.15, -0.1) is 0 Å². The minimum atomic E-state index is 0.836. The van der Waals surface area contributed by atoms with Crippen LogP contribution >= 0.6 is 22.6 Å². The zero-order chi connectivity index (χ0) is 9.26. The molecule has 0 aliphatic heterocycles. The zero-order valence-corrected chi connectivity index (χ0v) is 9.28. The Morgan fingerprint density at radius 3 is 2.92 bits per heavy atom. The van der Waals surface area contributed by atoms with Gasteiger partial charge < -0.3 is 4.74 Å². The normalized spacial score (nSPS) is 10.3. The molecule has 0 aliphatic carbocycles. The Hall–Kier alpha value is -0.840. The molecule has 3 heteroatoms. The zero-order valence-electron chi connectivity index (χ0n) is 7.12. The Labute approximate surface area is 90.1 Å². The second kappa shape index (κ2) is 3.49. The van der Waals surface area contributed by atoms with Crippen LogP contribution in [0.2, 0.25) is 0 Å². The third-order valence-corrected chi connectivity index (χ3v) is 2.82. The lowest BCUT2D eigenvalue weighted by Crippen LogP contribution is -1.88. The minimum Gasteiger partial charge on any atom is -0.494 e. The maximum atomic E-state index is 5.24. The van der Waals surface area contributed by atoms with Crippen molar-refractivity contribution >= 4 is 33.4 Å². The maximum Gasteiger partial charge on any atom is 0.146 e. The highest BCUT2D eigenvalue weighted by atomic mass is 127. The molecule has 0 N–H and O–H groups in total. The molecule has 0 unspecified atom stereocenters. The van der Waals surface area contributed by atoms with Crippen LogP contribution in [0.5, 0.6) is 5.75 Å². The van der Waals surface area contributed by atoms with Gasteiger partial charge in [-0.2, -0.15) is 0 Å². The molecule has 1 heterocycles. The van der Waals surface area contributed by atoms with E-state index >= 15 is 0 Å². The molecule has 0 atom stereocenters. The van der Waals surface area contributed by atoms with Gasteiger partial charge in [0.25, 0.3) is 0 Å². The Morgan fingerprint density at radius 2 is 2.15 bits per heavy atom. The summed E-state index contributed by atoms with van der Waals surface area (Å²) in [5.41, 5.74) is 0.